The molecule has 0 bridgehead atoms. The van der Waals surface area contributed by atoms with Crippen LogP contribution < -0.4 is 16.0 Å². The Morgan fingerprint density at radius 2 is 1.39 bits per heavy atom. The van der Waals surface area contributed by atoms with Crippen molar-refractivity contribution in [2.75, 3.05) is 19.6 Å². The summed E-state index contributed by atoms with van der Waals surface area (Å²) in [4.78, 5) is 2.32. The van der Waals surface area contributed by atoms with Crippen LogP contribution in [0.2, 0.25) is 0 Å². The summed E-state index contributed by atoms with van der Waals surface area (Å²) in [5, 5.41) is 18.8. The second kappa shape index (κ2) is 11.3. The molecule has 0 atom stereocenters. The standard InChI is InChI=1S/C16H23N3OS3/c1-2-9-17-14(21)7-10-18-15(22)8-11-19-16(23)12-3-5-13(20)6-4-12/h3-6,20H,2,7-11H2,1H3,(H,17,21)(H,18,22)(H,19,23). The van der Waals surface area contributed by atoms with Gasteiger partial charge in [-0.3, -0.25) is 0 Å². The Kier molecular flexibility index (Phi) is 9.66. The van der Waals surface area contributed by atoms with Crippen molar-refractivity contribution in [2.45, 2.75) is 26.2 Å². The van der Waals surface area contributed by atoms with Gasteiger partial charge in [0.05, 0.1) is 9.98 Å². The molecule has 1 aromatic carbocycles. The summed E-state index contributed by atoms with van der Waals surface area (Å²) in [5.41, 5.74) is 0.879. The van der Waals surface area contributed by atoms with E-state index in [0.717, 1.165) is 41.5 Å². The number of phenolic OH excluding ortho intramolecular Hbond substituents is 1. The van der Waals surface area contributed by atoms with Gasteiger partial charge in [0.15, 0.2) is 0 Å². The van der Waals surface area contributed by atoms with Gasteiger partial charge >= 0.3 is 0 Å². The van der Waals surface area contributed by atoms with Gasteiger partial charge in [0.25, 0.3) is 0 Å². The van der Waals surface area contributed by atoms with E-state index in [1.807, 2.05) is 0 Å². The minimum absolute atomic E-state index is 0.230. The maximum Gasteiger partial charge on any atom is 0.115 e. The monoisotopic (exact) mass is 369 g/mol. The number of hydrogen-bond acceptors (Lipinski definition) is 4. The van der Waals surface area contributed by atoms with Gasteiger partial charge in [-0.1, -0.05) is 43.6 Å². The molecule has 0 saturated carbocycles. The average molecular weight is 370 g/mol. The van der Waals surface area contributed by atoms with Gasteiger partial charge in [-0.25, -0.2) is 0 Å². The minimum Gasteiger partial charge on any atom is -0.508 e. The van der Waals surface area contributed by atoms with Crippen molar-refractivity contribution < 1.29 is 5.11 Å². The van der Waals surface area contributed by atoms with Crippen molar-refractivity contribution in [1.82, 2.24) is 16.0 Å². The molecule has 126 valence electrons. The van der Waals surface area contributed by atoms with Gasteiger partial charge in [0, 0.05) is 38.0 Å². The molecule has 0 amide bonds. The van der Waals surface area contributed by atoms with E-state index in [4.69, 9.17) is 36.7 Å². The van der Waals surface area contributed by atoms with Crippen molar-refractivity contribution in [3.8, 4) is 5.75 Å². The molecule has 1 rings (SSSR count). The van der Waals surface area contributed by atoms with Gasteiger partial charge in [0.2, 0.25) is 0 Å². The topological polar surface area (TPSA) is 56.3 Å². The van der Waals surface area contributed by atoms with E-state index in [0.29, 0.717) is 18.0 Å². The minimum atomic E-state index is 0.230. The van der Waals surface area contributed by atoms with E-state index in [2.05, 4.69) is 22.9 Å². The molecule has 0 aliphatic heterocycles. The lowest BCUT2D eigenvalue weighted by Gasteiger charge is -2.11. The van der Waals surface area contributed by atoms with Gasteiger partial charge < -0.3 is 21.1 Å². The van der Waals surface area contributed by atoms with Crippen LogP contribution in [0.25, 0.3) is 0 Å². The third-order valence-electron chi connectivity index (χ3n) is 3.01. The maximum absolute atomic E-state index is 9.25. The lowest BCUT2D eigenvalue weighted by Crippen LogP contribution is -2.32. The van der Waals surface area contributed by atoms with Gasteiger partial charge in [-0.05, 0) is 30.7 Å². The number of phenols is 1. The van der Waals surface area contributed by atoms with Crippen LogP contribution in [0.3, 0.4) is 0 Å². The third kappa shape index (κ3) is 8.78. The van der Waals surface area contributed by atoms with E-state index in [-0.39, 0.29) is 5.75 Å². The van der Waals surface area contributed by atoms with Crippen LogP contribution in [-0.2, 0) is 0 Å². The Morgan fingerprint density at radius 3 is 1.96 bits per heavy atom. The smallest absolute Gasteiger partial charge is 0.115 e. The summed E-state index contributed by atoms with van der Waals surface area (Å²) in [6, 6.07) is 6.80. The fourth-order valence-corrected chi connectivity index (χ4v) is 2.41. The van der Waals surface area contributed by atoms with Crippen LogP contribution >= 0.6 is 36.7 Å². The van der Waals surface area contributed by atoms with Crippen LogP contribution in [0.5, 0.6) is 5.75 Å². The molecule has 0 heterocycles. The predicted molar refractivity (Wildman–Crippen MR) is 109 cm³/mol. The largest absolute Gasteiger partial charge is 0.508 e. The van der Waals surface area contributed by atoms with E-state index >= 15 is 0 Å². The third-order valence-corrected chi connectivity index (χ3v) is 4.09. The molecule has 0 unspecified atom stereocenters. The maximum atomic E-state index is 9.25. The van der Waals surface area contributed by atoms with Crippen LogP contribution in [0, 0.1) is 0 Å². The Labute approximate surface area is 154 Å². The van der Waals surface area contributed by atoms with Crippen LogP contribution in [-0.4, -0.2) is 39.7 Å². The molecule has 0 saturated heterocycles. The van der Waals surface area contributed by atoms with Gasteiger partial charge in [-0.15, -0.1) is 0 Å². The summed E-state index contributed by atoms with van der Waals surface area (Å²) in [6.45, 7) is 4.45. The first-order valence-electron chi connectivity index (χ1n) is 7.63. The number of thiocarbonyl (C=S) groups is 3. The zero-order chi connectivity index (χ0) is 17.1. The number of rotatable bonds is 9. The second-order valence-electron chi connectivity index (χ2n) is 5.00. The summed E-state index contributed by atoms with van der Waals surface area (Å²) >= 11 is 15.8. The second-order valence-corrected chi connectivity index (χ2v) is 6.40. The first kappa shape index (κ1) is 19.7. The highest BCUT2D eigenvalue weighted by Gasteiger charge is 2.02. The van der Waals surface area contributed by atoms with E-state index < -0.39 is 0 Å². The Hall–Kier alpha value is -1.31. The number of nitrogens with one attached hydrogen (secondary N) is 3. The average Bonchev–Trinajstić information content (AvgIpc) is 2.53. The fraction of sp³-hybridized carbons (Fsp3) is 0.438. The van der Waals surface area contributed by atoms with Crippen LogP contribution in [0.4, 0.5) is 0 Å². The first-order valence-corrected chi connectivity index (χ1v) is 8.86. The van der Waals surface area contributed by atoms with Crippen molar-refractivity contribution >= 4 is 51.6 Å². The van der Waals surface area contributed by atoms with E-state index in [9.17, 15) is 5.11 Å². The molecule has 0 fully saturated rings. The van der Waals surface area contributed by atoms with Crippen LogP contribution in [0.15, 0.2) is 24.3 Å². The molecule has 4 nitrogen and oxygen atoms in total. The molecular weight excluding hydrogens is 346 g/mol. The molecule has 7 heteroatoms. The normalized spacial score (nSPS) is 9.96. The molecular formula is C16H23N3OS3. The molecule has 0 spiro atoms. The molecule has 4 N–H and O–H groups in total. The number of aromatic hydroxyl groups is 1. The number of hydrogen-bond donors (Lipinski definition) is 4. The quantitative estimate of drug-likeness (QED) is 0.499. The molecule has 1 aromatic rings. The SMILES string of the molecule is CCCNC(=S)CCNC(=S)CCNC(=S)c1ccc(O)cc1. The lowest BCUT2D eigenvalue weighted by molar-refractivity contribution is 0.475. The van der Waals surface area contributed by atoms with E-state index in [1.165, 1.54) is 0 Å². The zero-order valence-electron chi connectivity index (χ0n) is 13.2. The molecule has 0 aromatic heterocycles. The molecule has 0 aliphatic carbocycles. The first-order chi connectivity index (χ1) is 11.0. The van der Waals surface area contributed by atoms with Gasteiger partial charge in [0.1, 0.15) is 10.7 Å². The summed E-state index contributed by atoms with van der Waals surface area (Å²) in [7, 11) is 0. The zero-order valence-corrected chi connectivity index (χ0v) is 15.7. The van der Waals surface area contributed by atoms with Gasteiger partial charge in [-0.2, -0.15) is 0 Å². The number of benzene rings is 1. The molecule has 0 aliphatic rings. The van der Waals surface area contributed by atoms with Crippen molar-refractivity contribution in [2.24, 2.45) is 0 Å². The predicted octanol–water partition coefficient (Wildman–Crippen LogP) is 2.68. The highest BCUT2D eigenvalue weighted by atomic mass is 32.1. The Balaban J connectivity index is 2.15. The van der Waals surface area contributed by atoms with Crippen LogP contribution in [0.1, 0.15) is 31.7 Å². The van der Waals surface area contributed by atoms with Crippen molar-refractivity contribution in [1.29, 1.82) is 0 Å². The molecule has 23 heavy (non-hydrogen) atoms. The summed E-state index contributed by atoms with van der Waals surface area (Å²) < 4.78 is 0. The molecule has 0 radical (unpaired) electrons. The Morgan fingerprint density at radius 1 is 0.870 bits per heavy atom. The highest BCUT2D eigenvalue weighted by molar-refractivity contribution is 7.81. The highest BCUT2D eigenvalue weighted by Crippen LogP contribution is 2.09. The van der Waals surface area contributed by atoms with Crippen molar-refractivity contribution in [3.63, 3.8) is 0 Å². The Bertz CT molecular complexity index is 532. The fourth-order valence-electron chi connectivity index (χ4n) is 1.76. The lowest BCUT2D eigenvalue weighted by atomic mass is 10.2. The summed E-state index contributed by atoms with van der Waals surface area (Å²) in [5.74, 6) is 0.230. The van der Waals surface area contributed by atoms with Crippen molar-refractivity contribution in [3.05, 3.63) is 29.8 Å². The summed E-state index contributed by atoms with van der Waals surface area (Å²) in [6.07, 6.45) is 2.57. The van der Waals surface area contributed by atoms with E-state index in [1.54, 1.807) is 24.3 Å².